The standard InChI is InChI=1S/C21H21NO5/c1-5-13-6-7-19(26-4)14(8-13)11-18-21(23)27-20(22-18)15-9-16(24-2)12-17(10-15)25-3/h6-12H,5H2,1-4H3/b18-11+. The summed E-state index contributed by atoms with van der Waals surface area (Å²) in [4.78, 5) is 16.7. The van der Waals surface area contributed by atoms with E-state index >= 15 is 0 Å². The van der Waals surface area contributed by atoms with Crippen molar-refractivity contribution in [2.75, 3.05) is 21.3 Å². The molecule has 0 aromatic heterocycles. The van der Waals surface area contributed by atoms with Gasteiger partial charge in [-0.3, -0.25) is 0 Å². The maximum absolute atomic E-state index is 12.3. The van der Waals surface area contributed by atoms with Gasteiger partial charge in [0.1, 0.15) is 17.2 Å². The van der Waals surface area contributed by atoms with Gasteiger partial charge >= 0.3 is 5.97 Å². The third kappa shape index (κ3) is 3.95. The van der Waals surface area contributed by atoms with Crippen LogP contribution >= 0.6 is 0 Å². The fourth-order valence-electron chi connectivity index (χ4n) is 2.73. The Hall–Kier alpha value is -3.28. The molecular weight excluding hydrogens is 346 g/mol. The first kappa shape index (κ1) is 18.5. The largest absolute Gasteiger partial charge is 0.497 e. The minimum absolute atomic E-state index is 0.203. The van der Waals surface area contributed by atoms with Gasteiger partial charge in [-0.15, -0.1) is 0 Å². The van der Waals surface area contributed by atoms with Gasteiger partial charge in [0.05, 0.1) is 21.3 Å². The maximum atomic E-state index is 12.3. The maximum Gasteiger partial charge on any atom is 0.363 e. The molecule has 6 nitrogen and oxygen atoms in total. The molecule has 0 saturated carbocycles. The molecule has 0 N–H and O–H groups in total. The Morgan fingerprint density at radius 2 is 1.70 bits per heavy atom. The molecule has 1 aliphatic heterocycles. The molecule has 2 aromatic rings. The van der Waals surface area contributed by atoms with Crippen molar-refractivity contribution in [1.29, 1.82) is 0 Å². The van der Waals surface area contributed by atoms with Crippen LogP contribution < -0.4 is 14.2 Å². The molecule has 1 aliphatic rings. The number of methoxy groups -OCH3 is 3. The lowest BCUT2D eigenvalue weighted by Crippen LogP contribution is -2.06. The number of carbonyl (C=O) groups is 1. The fourth-order valence-corrected chi connectivity index (χ4v) is 2.73. The third-order valence-corrected chi connectivity index (χ3v) is 4.21. The van der Waals surface area contributed by atoms with Crippen LogP contribution in [0.2, 0.25) is 0 Å². The number of aryl methyl sites for hydroxylation is 1. The monoisotopic (exact) mass is 367 g/mol. The van der Waals surface area contributed by atoms with E-state index in [0.717, 1.165) is 17.5 Å². The zero-order valence-electron chi connectivity index (χ0n) is 15.7. The summed E-state index contributed by atoms with van der Waals surface area (Å²) in [7, 11) is 4.70. The van der Waals surface area contributed by atoms with Crippen LogP contribution in [0.5, 0.6) is 17.2 Å². The van der Waals surface area contributed by atoms with Crippen LogP contribution in [0.25, 0.3) is 6.08 Å². The number of hydrogen-bond acceptors (Lipinski definition) is 6. The summed E-state index contributed by atoms with van der Waals surface area (Å²) in [5, 5.41) is 0. The summed E-state index contributed by atoms with van der Waals surface area (Å²) in [6.45, 7) is 2.06. The van der Waals surface area contributed by atoms with Crippen molar-refractivity contribution in [3.63, 3.8) is 0 Å². The van der Waals surface area contributed by atoms with E-state index in [1.165, 1.54) is 0 Å². The molecule has 1 heterocycles. The van der Waals surface area contributed by atoms with Gasteiger partial charge in [-0.25, -0.2) is 9.79 Å². The number of hydrogen-bond donors (Lipinski definition) is 0. The zero-order valence-corrected chi connectivity index (χ0v) is 15.7. The van der Waals surface area contributed by atoms with E-state index in [1.807, 2.05) is 18.2 Å². The Labute approximate surface area is 158 Å². The van der Waals surface area contributed by atoms with Crippen LogP contribution in [0.1, 0.15) is 23.6 Å². The van der Waals surface area contributed by atoms with E-state index in [4.69, 9.17) is 18.9 Å². The first-order valence-corrected chi connectivity index (χ1v) is 8.50. The molecule has 0 atom stereocenters. The SMILES string of the molecule is CCc1ccc(OC)c(/C=C2/N=C(c3cc(OC)cc(OC)c3)OC2=O)c1. The predicted octanol–water partition coefficient (Wildman–Crippen LogP) is 3.62. The van der Waals surface area contributed by atoms with Crippen molar-refractivity contribution >= 4 is 17.9 Å². The number of esters is 1. The van der Waals surface area contributed by atoms with Crippen molar-refractivity contribution < 1.29 is 23.7 Å². The van der Waals surface area contributed by atoms with Crippen molar-refractivity contribution in [2.45, 2.75) is 13.3 Å². The predicted molar refractivity (Wildman–Crippen MR) is 103 cm³/mol. The van der Waals surface area contributed by atoms with Gasteiger partial charge in [0.15, 0.2) is 5.70 Å². The number of rotatable bonds is 6. The molecule has 3 rings (SSSR count). The summed E-state index contributed by atoms with van der Waals surface area (Å²) < 4.78 is 21.2. The Bertz CT molecular complexity index is 908. The number of ether oxygens (including phenoxy) is 4. The Morgan fingerprint density at radius 3 is 2.30 bits per heavy atom. The third-order valence-electron chi connectivity index (χ3n) is 4.21. The van der Waals surface area contributed by atoms with Crippen LogP contribution in [0.15, 0.2) is 47.1 Å². The van der Waals surface area contributed by atoms with Crippen molar-refractivity contribution in [1.82, 2.24) is 0 Å². The summed E-state index contributed by atoms with van der Waals surface area (Å²) in [6.07, 6.45) is 2.55. The molecule has 0 radical (unpaired) electrons. The van der Waals surface area contributed by atoms with Crippen LogP contribution in [0.4, 0.5) is 0 Å². The fraction of sp³-hybridized carbons (Fsp3) is 0.238. The molecule has 0 unspecified atom stereocenters. The van der Waals surface area contributed by atoms with Crippen LogP contribution in [-0.4, -0.2) is 33.2 Å². The highest BCUT2D eigenvalue weighted by Crippen LogP contribution is 2.28. The normalized spacial score (nSPS) is 14.7. The second kappa shape index (κ2) is 7.95. The van der Waals surface area contributed by atoms with E-state index in [1.54, 1.807) is 45.6 Å². The van der Waals surface area contributed by atoms with Gasteiger partial charge in [-0.1, -0.05) is 13.0 Å². The first-order chi connectivity index (χ1) is 13.1. The van der Waals surface area contributed by atoms with Gasteiger partial charge < -0.3 is 18.9 Å². The number of benzene rings is 2. The van der Waals surface area contributed by atoms with Crippen molar-refractivity contribution in [3.8, 4) is 17.2 Å². The number of nitrogens with zero attached hydrogens (tertiary/aromatic N) is 1. The van der Waals surface area contributed by atoms with Gasteiger partial charge in [0.2, 0.25) is 5.90 Å². The Balaban J connectivity index is 2.01. The topological polar surface area (TPSA) is 66.3 Å². The molecule has 140 valence electrons. The molecule has 27 heavy (non-hydrogen) atoms. The summed E-state index contributed by atoms with van der Waals surface area (Å²) in [5.41, 5.74) is 2.71. The first-order valence-electron chi connectivity index (χ1n) is 8.50. The molecule has 6 heteroatoms. The van der Waals surface area contributed by atoms with Gasteiger partial charge in [0.25, 0.3) is 0 Å². The number of aliphatic imine (C=N–C) groups is 1. The molecule has 2 aromatic carbocycles. The van der Waals surface area contributed by atoms with Crippen LogP contribution in [0.3, 0.4) is 0 Å². The minimum atomic E-state index is -0.518. The van der Waals surface area contributed by atoms with Gasteiger partial charge in [0, 0.05) is 17.2 Å². The second-order valence-electron chi connectivity index (χ2n) is 5.87. The van der Waals surface area contributed by atoms with E-state index in [0.29, 0.717) is 22.8 Å². The Kier molecular flexibility index (Phi) is 5.45. The molecular formula is C21H21NO5. The molecule has 0 spiro atoms. The average Bonchev–Trinajstić information content (AvgIpc) is 3.07. The van der Waals surface area contributed by atoms with E-state index < -0.39 is 5.97 Å². The summed E-state index contributed by atoms with van der Waals surface area (Å²) >= 11 is 0. The molecule has 0 amide bonds. The smallest absolute Gasteiger partial charge is 0.363 e. The minimum Gasteiger partial charge on any atom is -0.497 e. The lowest BCUT2D eigenvalue weighted by Gasteiger charge is -2.07. The highest BCUT2D eigenvalue weighted by molar-refractivity contribution is 6.13. The van der Waals surface area contributed by atoms with Gasteiger partial charge in [-0.05, 0) is 42.3 Å². The molecule has 0 saturated heterocycles. The van der Waals surface area contributed by atoms with Crippen molar-refractivity contribution in [3.05, 3.63) is 58.8 Å². The van der Waals surface area contributed by atoms with E-state index in [-0.39, 0.29) is 11.6 Å². The molecule has 0 fully saturated rings. The Morgan fingerprint density at radius 1 is 1.00 bits per heavy atom. The summed E-state index contributed by atoms with van der Waals surface area (Å²) in [6, 6.07) is 11.0. The molecule has 0 aliphatic carbocycles. The van der Waals surface area contributed by atoms with E-state index in [2.05, 4.69) is 11.9 Å². The summed E-state index contributed by atoms with van der Waals surface area (Å²) in [5.74, 6) is 1.51. The second-order valence-corrected chi connectivity index (χ2v) is 5.87. The van der Waals surface area contributed by atoms with Crippen molar-refractivity contribution in [2.24, 2.45) is 4.99 Å². The number of cyclic esters (lactones) is 1. The molecule has 0 bridgehead atoms. The van der Waals surface area contributed by atoms with Gasteiger partial charge in [-0.2, -0.15) is 0 Å². The highest BCUT2D eigenvalue weighted by Gasteiger charge is 2.25. The lowest BCUT2D eigenvalue weighted by atomic mass is 10.1. The average molecular weight is 367 g/mol. The van der Waals surface area contributed by atoms with E-state index in [9.17, 15) is 4.79 Å². The lowest BCUT2D eigenvalue weighted by molar-refractivity contribution is -0.129. The van der Waals surface area contributed by atoms with Crippen LogP contribution in [0, 0.1) is 0 Å². The quantitative estimate of drug-likeness (QED) is 0.576. The highest BCUT2D eigenvalue weighted by atomic mass is 16.6. The number of carbonyl (C=O) groups excluding carboxylic acids is 1. The zero-order chi connectivity index (χ0) is 19.4. The van der Waals surface area contributed by atoms with Crippen LogP contribution in [-0.2, 0) is 16.0 Å².